The van der Waals surface area contributed by atoms with E-state index in [1.807, 2.05) is 29.5 Å². The second-order valence-corrected chi connectivity index (χ2v) is 10.6. The van der Waals surface area contributed by atoms with Gasteiger partial charge in [-0.05, 0) is 60.7 Å². The smallest absolute Gasteiger partial charge is 0.0601 e. The van der Waals surface area contributed by atoms with E-state index in [4.69, 9.17) is 11.6 Å². The quantitative estimate of drug-likeness (QED) is 0.235. The van der Waals surface area contributed by atoms with Crippen LogP contribution in [-0.2, 0) is 0 Å². The molecular formula is C30H20ClNS2. The third-order valence-electron chi connectivity index (χ3n) is 5.77. The van der Waals surface area contributed by atoms with Gasteiger partial charge in [0.15, 0.2) is 0 Å². The molecule has 0 unspecified atom stereocenters. The molecule has 0 aliphatic heterocycles. The number of hydrogen-bond acceptors (Lipinski definition) is 3. The molecule has 6 rings (SSSR count). The van der Waals surface area contributed by atoms with Crippen molar-refractivity contribution in [3.8, 4) is 0 Å². The second-order valence-electron chi connectivity index (χ2n) is 7.95. The fourth-order valence-corrected chi connectivity index (χ4v) is 6.69. The largest absolute Gasteiger partial charge is 0.309 e. The standard InChI is InChI=1S/C30H20ClNS2/c31-21-10-8-13-23(20-21)33-28-18-7-5-15-25(28)32(22-11-2-1-3-12-22)26-16-9-19-29-30(26)24-14-4-6-17-27(24)34-29/h1-20H. The summed E-state index contributed by atoms with van der Waals surface area (Å²) in [6.45, 7) is 0. The Morgan fingerprint density at radius 1 is 0.618 bits per heavy atom. The number of fused-ring (bicyclic) bond motifs is 3. The normalized spacial score (nSPS) is 11.2. The third kappa shape index (κ3) is 3.97. The molecule has 0 saturated heterocycles. The molecule has 0 N–H and O–H groups in total. The van der Waals surface area contributed by atoms with Crippen LogP contribution >= 0.6 is 34.7 Å². The first kappa shape index (κ1) is 21.3. The molecule has 6 aromatic rings. The highest BCUT2D eigenvalue weighted by Crippen LogP contribution is 2.47. The highest BCUT2D eigenvalue weighted by Gasteiger charge is 2.20. The van der Waals surface area contributed by atoms with Gasteiger partial charge >= 0.3 is 0 Å². The van der Waals surface area contributed by atoms with Gasteiger partial charge in [0.1, 0.15) is 0 Å². The summed E-state index contributed by atoms with van der Waals surface area (Å²) >= 11 is 9.87. The first-order valence-electron chi connectivity index (χ1n) is 11.1. The van der Waals surface area contributed by atoms with Crippen molar-refractivity contribution in [2.24, 2.45) is 0 Å². The van der Waals surface area contributed by atoms with E-state index in [1.165, 1.54) is 30.8 Å². The van der Waals surface area contributed by atoms with Crippen LogP contribution in [0.2, 0.25) is 5.02 Å². The lowest BCUT2D eigenvalue weighted by atomic mass is 10.1. The summed E-state index contributed by atoms with van der Waals surface area (Å²) in [4.78, 5) is 4.67. The number of benzene rings is 5. The number of para-hydroxylation sites is 2. The van der Waals surface area contributed by atoms with E-state index in [9.17, 15) is 0 Å². The zero-order valence-electron chi connectivity index (χ0n) is 18.2. The van der Waals surface area contributed by atoms with Crippen molar-refractivity contribution in [3.63, 3.8) is 0 Å². The van der Waals surface area contributed by atoms with Gasteiger partial charge in [-0.15, -0.1) is 11.3 Å². The maximum atomic E-state index is 6.29. The predicted molar refractivity (Wildman–Crippen MR) is 150 cm³/mol. The minimum atomic E-state index is 0.747. The molecule has 0 bridgehead atoms. The van der Waals surface area contributed by atoms with Gasteiger partial charge < -0.3 is 4.90 Å². The van der Waals surface area contributed by atoms with Crippen molar-refractivity contribution in [1.29, 1.82) is 0 Å². The molecule has 34 heavy (non-hydrogen) atoms. The maximum Gasteiger partial charge on any atom is 0.0601 e. The maximum absolute atomic E-state index is 6.29. The van der Waals surface area contributed by atoms with Gasteiger partial charge in [0.05, 0.1) is 11.4 Å². The van der Waals surface area contributed by atoms with Crippen LogP contribution < -0.4 is 4.90 Å². The van der Waals surface area contributed by atoms with Crippen molar-refractivity contribution in [2.75, 3.05) is 4.90 Å². The van der Waals surface area contributed by atoms with Gasteiger partial charge in [-0.25, -0.2) is 0 Å². The molecule has 0 atom stereocenters. The topological polar surface area (TPSA) is 3.24 Å². The minimum absolute atomic E-state index is 0.747. The van der Waals surface area contributed by atoms with Crippen LogP contribution in [0.15, 0.2) is 131 Å². The predicted octanol–water partition coefficient (Wildman–Crippen LogP) is 10.3. The summed E-state index contributed by atoms with van der Waals surface area (Å²) in [6, 6.07) is 42.5. The van der Waals surface area contributed by atoms with Crippen molar-refractivity contribution >= 4 is 71.9 Å². The average Bonchev–Trinajstić information content (AvgIpc) is 3.25. The van der Waals surface area contributed by atoms with E-state index in [1.54, 1.807) is 11.8 Å². The molecule has 0 saturated carbocycles. The fraction of sp³-hybridized carbons (Fsp3) is 0. The summed E-state index contributed by atoms with van der Waals surface area (Å²) in [6.07, 6.45) is 0. The Bertz CT molecular complexity index is 1610. The van der Waals surface area contributed by atoms with E-state index in [0.29, 0.717) is 0 Å². The van der Waals surface area contributed by atoms with E-state index < -0.39 is 0 Å². The van der Waals surface area contributed by atoms with Crippen molar-refractivity contribution in [2.45, 2.75) is 9.79 Å². The van der Waals surface area contributed by atoms with Crippen LogP contribution in [0.25, 0.3) is 20.2 Å². The molecule has 1 heterocycles. The van der Waals surface area contributed by atoms with Gasteiger partial charge in [-0.3, -0.25) is 0 Å². The second kappa shape index (κ2) is 9.19. The minimum Gasteiger partial charge on any atom is -0.309 e. The first-order valence-corrected chi connectivity index (χ1v) is 13.1. The van der Waals surface area contributed by atoms with Crippen LogP contribution in [0, 0.1) is 0 Å². The van der Waals surface area contributed by atoms with Crippen LogP contribution in [0.1, 0.15) is 0 Å². The van der Waals surface area contributed by atoms with E-state index in [0.717, 1.165) is 21.3 Å². The lowest BCUT2D eigenvalue weighted by Crippen LogP contribution is -2.11. The monoisotopic (exact) mass is 493 g/mol. The molecule has 0 radical (unpaired) electrons. The van der Waals surface area contributed by atoms with E-state index in [-0.39, 0.29) is 0 Å². The van der Waals surface area contributed by atoms with Crippen molar-refractivity contribution in [3.05, 3.63) is 126 Å². The Hall–Kier alpha value is -3.24. The van der Waals surface area contributed by atoms with Crippen LogP contribution in [0.5, 0.6) is 0 Å². The van der Waals surface area contributed by atoms with E-state index >= 15 is 0 Å². The number of hydrogen-bond donors (Lipinski definition) is 0. The zero-order valence-corrected chi connectivity index (χ0v) is 20.6. The Balaban J connectivity index is 1.60. The Morgan fingerprint density at radius 3 is 2.21 bits per heavy atom. The highest BCUT2D eigenvalue weighted by molar-refractivity contribution is 7.99. The fourth-order valence-electron chi connectivity index (χ4n) is 4.31. The molecule has 164 valence electrons. The Morgan fingerprint density at radius 2 is 1.32 bits per heavy atom. The summed E-state index contributed by atoms with van der Waals surface area (Å²) in [5, 5.41) is 3.32. The molecule has 1 nitrogen and oxygen atoms in total. The molecule has 0 aliphatic carbocycles. The SMILES string of the molecule is Clc1cccc(Sc2ccccc2N(c2ccccc2)c2cccc3sc4ccccc4c23)c1. The van der Waals surface area contributed by atoms with Gasteiger partial charge in [-0.2, -0.15) is 0 Å². The Kier molecular flexibility index (Phi) is 5.76. The molecular weight excluding hydrogens is 474 g/mol. The average molecular weight is 494 g/mol. The summed E-state index contributed by atoms with van der Waals surface area (Å²) in [5.41, 5.74) is 3.45. The van der Waals surface area contributed by atoms with Gasteiger partial charge in [-0.1, -0.05) is 84.0 Å². The molecule has 4 heteroatoms. The first-order chi connectivity index (χ1) is 16.8. The van der Waals surface area contributed by atoms with Gasteiger partial charge in [0.2, 0.25) is 0 Å². The number of anilines is 3. The third-order valence-corrected chi connectivity index (χ3v) is 8.19. The Labute approximate surface area is 212 Å². The molecule has 0 fully saturated rings. The van der Waals surface area contributed by atoms with Gasteiger partial charge in [0, 0.05) is 40.7 Å². The molecule has 0 amide bonds. The van der Waals surface area contributed by atoms with Crippen LogP contribution in [0.4, 0.5) is 17.1 Å². The molecule has 5 aromatic carbocycles. The number of nitrogens with zero attached hydrogens (tertiary/aromatic N) is 1. The summed E-state index contributed by atoms with van der Waals surface area (Å²) in [5.74, 6) is 0. The lowest BCUT2D eigenvalue weighted by molar-refractivity contribution is 1.24. The van der Waals surface area contributed by atoms with Crippen molar-refractivity contribution < 1.29 is 0 Å². The zero-order chi connectivity index (χ0) is 22.9. The molecule has 1 aromatic heterocycles. The number of halogens is 1. The van der Waals surface area contributed by atoms with Crippen molar-refractivity contribution in [1.82, 2.24) is 0 Å². The summed E-state index contributed by atoms with van der Waals surface area (Å²) in [7, 11) is 0. The summed E-state index contributed by atoms with van der Waals surface area (Å²) < 4.78 is 2.60. The number of thiophene rings is 1. The molecule has 0 aliphatic rings. The highest BCUT2D eigenvalue weighted by atomic mass is 35.5. The van der Waals surface area contributed by atoms with E-state index in [2.05, 4.69) is 108 Å². The number of rotatable bonds is 5. The van der Waals surface area contributed by atoms with Crippen LogP contribution in [-0.4, -0.2) is 0 Å². The lowest BCUT2D eigenvalue weighted by Gasteiger charge is -2.28. The molecule has 0 spiro atoms. The van der Waals surface area contributed by atoms with Crippen LogP contribution in [0.3, 0.4) is 0 Å². The van der Waals surface area contributed by atoms with Gasteiger partial charge in [0.25, 0.3) is 0 Å².